The van der Waals surface area contributed by atoms with Crippen LogP contribution in [0.2, 0.25) is 0 Å². The van der Waals surface area contributed by atoms with Crippen molar-refractivity contribution >= 4 is 11.4 Å². The van der Waals surface area contributed by atoms with E-state index in [4.69, 9.17) is 5.73 Å². The van der Waals surface area contributed by atoms with E-state index in [0.29, 0.717) is 0 Å². The maximum atomic E-state index is 6.09. The summed E-state index contributed by atoms with van der Waals surface area (Å²) < 4.78 is 0. The van der Waals surface area contributed by atoms with E-state index in [1.165, 1.54) is 11.3 Å². The number of aryl methyl sites for hydroxylation is 1. The fraction of sp³-hybridized carbons (Fsp3) is 0.333. The Kier molecular flexibility index (Phi) is 5.48. The second-order valence-corrected chi connectivity index (χ2v) is 5.14. The zero-order valence-electron chi connectivity index (χ0n) is 12.3. The van der Waals surface area contributed by atoms with Gasteiger partial charge in [0, 0.05) is 13.1 Å². The van der Waals surface area contributed by atoms with E-state index in [1.54, 1.807) is 0 Å². The molecule has 2 aromatic carbocycles. The Bertz CT molecular complexity index is 508. The fourth-order valence-electron chi connectivity index (χ4n) is 2.52. The predicted octanol–water partition coefficient (Wildman–Crippen LogP) is 4.12. The average Bonchev–Trinajstić information content (AvgIpc) is 2.48. The summed E-state index contributed by atoms with van der Waals surface area (Å²) in [5, 5.41) is 0. The summed E-state index contributed by atoms with van der Waals surface area (Å²) in [6.07, 6.45) is 3.41. The molecule has 2 nitrogen and oxygen atoms in total. The lowest BCUT2D eigenvalue weighted by Crippen LogP contribution is -2.26. The van der Waals surface area contributed by atoms with E-state index < -0.39 is 0 Å². The Morgan fingerprint density at radius 3 is 2.30 bits per heavy atom. The van der Waals surface area contributed by atoms with Crippen LogP contribution in [0.4, 0.5) is 11.4 Å². The van der Waals surface area contributed by atoms with Crippen molar-refractivity contribution < 1.29 is 0 Å². The van der Waals surface area contributed by atoms with Gasteiger partial charge in [-0.1, -0.05) is 49.4 Å². The molecule has 0 atom stereocenters. The van der Waals surface area contributed by atoms with Crippen LogP contribution in [0.15, 0.2) is 54.6 Å². The normalized spacial score (nSPS) is 10.4. The molecule has 0 aliphatic rings. The van der Waals surface area contributed by atoms with Crippen molar-refractivity contribution in [2.24, 2.45) is 0 Å². The fourth-order valence-corrected chi connectivity index (χ4v) is 2.52. The van der Waals surface area contributed by atoms with Crippen molar-refractivity contribution in [3.63, 3.8) is 0 Å². The second-order valence-electron chi connectivity index (χ2n) is 5.14. The topological polar surface area (TPSA) is 29.3 Å². The van der Waals surface area contributed by atoms with Gasteiger partial charge >= 0.3 is 0 Å². The number of nitrogen functional groups attached to an aromatic ring is 1. The molecule has 0 aromatic heterocycles. The molecule has 0 spiro atoms. The highest BCUT2D eigenvalue weighted by Crippen LogP contribution is 2.23. The molecule has 0 aliphatic heterocycles. The minimum Gasteiger partial charge on any atom is -0.397 e. The summed E-state index contributed by atoms with van der Waals surface area (Å²) >= 11 is 0. The van der Waals surface area contributed by atoms with Gasteiger partial charge in [-0.25, -0.2) is 0 Å². The van der Waals surface area contributed by atoms with Crippen molar-refractivity contribution in [1.82, 2.24) is 0 Å². The van der Waals surface area contributed by atoms with E-state index in [1.807, 2.05) is 12.1 Å². The van der Waals surface area contributed by atoms with Gasteiger partial charge in [0.25, 0.3) is 0 Å². The molecule has 20 heavy (non-hydrogen) atoms. The highest BCUT2D eigenvalue weighted by atomic mass is 15.1. The first-order chi connectivity index (χ1) is 9.81. The molecule has 0 saturated heterocycles. The lowest BCUT2D eigenvalue weighted by atomic mass is 10.1. The van der Waals surface area contributed by atoms with E-state index in [-0.39, 0.29) is 0 Å². The van der Waals surface area contributed by atoms with Gasteiger partial charge in [-0.15, -0.1) is 0 Å². The van der Waals surface area contributed by atoms with Crippen molar-refractivity contribution in [2.45, 2.75) is 26.2 Å². The number of rotatable bonds is 7. The van der Waals surface area contributed by atoms with Gasteiger partial charge in [-0.2, -0.15) is 0 Å². The van der Waals surface area contributed by atoms with Crippen LogP contribution < -0.4 is 10.6 Å². The van der Waals surface area contributed by atoms with Gasteiger partial charge in [0.2, 0.25) is 0 Å². The monoisotopic (exact) mass is 268 g/mol. The molecule has 106 valence electrons. The Morgan fingerprint density at radius 1 is 0.900 bits per heavy atom. The van der Waals surface area contributed by atoms with Crippen molar-refractivity contribution in [1.29, 1.82) is 0 Å². The molecule has 0 unspecified atom stereocenters. The predicted molar refractivity (Wildman–Crippen MR) is 88.1 cm³/mol. The molecular weight excluding hydrogens is 244 g/mol. The van der Waals surface area contributed by atoms with Crippen LogP contribution in [-0.2, 0) is 6.42 Å². The number of hydrogen-bond donors (Lipinski definition) is 1. The molecule has 0 heterocycles. The van der Waals surface area contributed by atoms with E-state index in [2.05, 4.69) is 54.3 Å². The summed E-state index contributed by atoms with van der Waals surface area (Å²) in [7, 11) is 0. The van der Waals surface area contributed by atoms with Crippen molar-refractivity contribution in [3.8, 4) is 0 Å². The Balaban J connectivity index is 1.95. The maximum absolute atomic E-state index is 6.09. The number of nitrogens with zero attached hydrogens (tertiary/aromatic N) is 1. The maximum Gasteiger partial charge on any atom is 0.0599 e. The smallest absolute Gasteiger partial charge is 0.0599 e. The Hall–Kier alpha value is -1.96. The second kappa shape index (κ2) is 7.59. The summed E-state index contributed by atoms with van der Waals surface area (Å²) in [6.45, 7) is 4.32. The van der Waals surface area contributed by atoms with Crippen LogP contribution in [0.25, 0.3) is 0 Å². The number of benzene rings is 2. The molecule has 0 bridgehead atoms. The highest BCUT2D eigenvalue weighted by Gasteiger charge is 2.08. The molecule has 2 aromatic rings. The SMILES string of the molecule is CCCN(CCCc1ccccc1)c1ccccc1N. The third-order valence-electron chi connectivity index (χ3n) is 3.51. The lowest BCUT2D eigenvalue weighted by molar-refractivity contribution is 0.715. The van der Waals surface area contributed by atoms with Crippen molar-refractivity contribution in [3.05, 3.63) is 60.2 Å². The molecular formula is C18H24N2. The van der Waals surface area contributed by atoms with Crippen LogP contribution >= 0.6 is 0 Å². The Labute approximate surface area is 122 Å². The molecule has 2 heteroatoms. The third-order valence-corrected chi connectivity index (χ3v) is 3.51. The minimum absolute atomic E-state index is 0.876. The molecule has 0 radical (unpaired) electrons. The number of hydrogen-bond acceptors (Lipinski definition) is 2. The van der Waals surface area contributed by atoms with Gasteiger partial charge in [-0.05, 0) is 37.0 Å². The first-order valence-electron chi connectivity index (χ1n) is 7.44. The molecule has 0 fully saturated rings. The van der Waals surface area contributed by atoms with Crippen LogP contribution in [0.1, 0.15) is 25.3 Å². The summed E-state index contributed by atoms with van der Waals surface area (Å²) in [4.78, 5) is 2.40. The molecule has 0 amide bonds. The van der Waals surface area contributed by atoms with E-state index in [9.17, 15) is 0 Å². The van der Waals surface area contributed by atoms with E-state index >= 15 is 0 Å². The lowest BCUT2D eigenvalue weighted by Gasteiger charge is -2.25. The molecule has 0 saturated carbocycles. The zero-order chi connectivity index (χ0) is 14.2. The first-order valence-corrected chi connectivity index (χ1v) is 7.44. The Morgan fingerprint density at radius 2 is 1.60 bits per heavy atom. The molecule has 2 N–H and O–H groups in total. The molecule has 2 rings (SSSR count). The quantitative estimate of drug-likeness (QED) is 0.765. The number of para-hydroxylation sites is 2. The number of nitrogens with two attached hydrogens (primary N) is 1. The van der Waals surface area contributed by atoms with Crippen LogP contribution in [0.5, 0.6) is 0 Å². The van der Waals surface area contributed by atoms with Crippen LogP contribution in [0, 0.1) is 0 Å². The van der Waals surface area contributed by atoms with Gasteiger partial charge in [-0.3, -0.25) is 0 Å². The highest BCUT2D eigenvalue weighted by molar-refractivity contribution is 5.67. The minimum atomic E-state index is 0.876. The summed E-state index contributed by atoms with van der Waals surface area (Å²) in [6, 6.07) is 18.8. The van der Waals surface area contributed by atoms with Crippen LogP contribution in [-0.4, -0.2) is 13.1 Å². The van der Waals surface area contributed by atoms with Crippen molar-refractivity contribution in [2.75, 3.05) is 23.7 Å². The summed E-state index contributed by atoms with van der Waals surface area (Å²) in [5.74, 6) is 0. The van der Waals surface area contributed by atoms with Gasteiger partial charge in [0.1, 0.15) is 0 Å². The standard InChI is InChI=1S/C18H24N2/c1-2-14-20(18-13-7-6-12-17(18)19)15-8-11-16-9-4-3-5-10-16/h3-7,9-10,12-13H,2,8,11,14-15,19H2,1H3. The average molecular weight is 268 g/mol. The van der Waals surface area contributed by atoms with Gasteiger partial charge < -0.3 is 10.6 Å². The van der Waals surface area contributed by atoms with Gasteiger partial charge in [0.05, 0.1) is 11.4 Å². The third kappa shape index (κ3) is 4.02. The zero-order valence-corrected chi connectivity index (χ0v) is 12.3. The summed E-state index contributed by atoms with van der Waals surface area (Å²) in [5.41, 5.74) is 9.54. The molecule has 0 aliphatic carbocycles. The van der Waals surface area contributed by atoms with Gasteiger partial charge in [0.15, 0.2) is 0 Å². The van der Waals surface area contributed by atoms with E-state index in [0.717, 1.165) is 38.0 Å². The number of anilines is 2. The van der Waals surface area contributed by atoms with Crippen LogP contribution in [0.3, 0.4) is 0 Å². The largest absolute Gasteiger partial charge is 0.397 e. The first kappa shape index (κ1) is 14.4.